The Hall–Kier alpha value is -2.96. The van der Waals surface area contributed by atoms with Gasteiger partial charge in [-0.15, -0.1) is 11.8 Å². The number of nitrogens with one attached hydrogen (secondary N) is 2. The SMILES string of the molecule is CC(Sc1cccc(NC(=O)c2ccc(Cl)cc2Cl)c1)C(=O)Nc1c(F)c(F)c(C(F)(F)F)c(F)c1F. The van der Waals surface area contributed by atoms with E-state index in [0.717, 1.165) is 11.8 Å². The summed E-state index contributed by atoms with van der Waals surface area (Å²) in [5.74, 6) is -11.9. The van der Waals surface area contributed by atoms with Gasteiger partial charge in [0.2, 0.25) is 5.91 Å². The monoisotopic (exact) mass is 584 g/mol. The molecule has 0 fully saturated rings. The van der Waals surface area contributed by atoms with Crippen molar-refractivity contribution in [1.82, 2.24) is 0 Å². The third kappa shape index (κ3) is 6.49. The molecule has 3 aromatic rings. The van der Waals surface area contributed by atoms with Crippen LogP contribution in [0.4, 0.5) is 42.1 Å². The fourth-order valence-corrected chi connectivity index (χ4v) is 4.41. The molecule has 4 nitrogen and oxygen atoms in total. The van der Waals surface area contributed by atoms with Gasteiger partial charge in [0.15, 0.2) is 23.3 Å². The second kappa shape index (κ2) is 11.2. The first-order valence-corrected chi connectivity index (χ1v) is 11.6. The lowest BCUT2D eigenvalue weighted by Gasteiger charge is -2.16. The van der Waals surface area contributed by atoms with Gasteiger partial charge in [0.05, 0.1) is 15.8 Å². The van der Waals surface area contributed by atoms with E-state index in [1.807, 2.05) is 0 Å². The average Bonchev–Trinajstić information content (AvgIpc) is 2.79. The number of thioether (sulfide) groups is 1. The van der Waals surface area contributed by atoms with Crippen molar-refractivity contribution in [3.8, 4) is 0 Å². The van der Waals surface area contributed by atoms with Gasteiger partial charge in [0, 0.05) is 15.6 Å². The number of halogens is 9. The van der Waals surface area contributed by atoms with E-state index >= 15 is 0 Å². The lowest BCUT2D eigenvalue weighted by atomic mass is 10.1. The first kappa shape index (κ1) is 28.6. The highest BCUT2D eigenvalue weighted by Gasteiger charge is 2.42. The van der Waals surface area contributed by atoms with Crippen LogP contribution >= 0.6 is 35.0 Å². The van der Waals surface area contributed by atoms with Crippen molar-refractivity contribution in [3.63, 3.8) is 0 Å². The Morgan fingerprint density at radius 3 is 2.08 bits per heavy atom. The summed E-state index contributed by atoms with van der Waals surface area (Å²) < 4.78 is 94.0. The largest absolute Gasteiger partial charge is 0.422 e. The molecular formula is C23H13Cl2F7N2O2S. The third-order valence-corrected chi connectivity index (χ3v) is 6.39. The van der Waals surface area contributed by atoms with Crippen LogP contribution in [0, 0.1) is 23.3 Å². The zero-order valence-corrected chi connectivity index (χ0v) is 20.6. The van der Waals surface area contributed by atoms with Gasteiger partial charge < -0.3 is 10.6 Å². The number of rotatable bonds is 6. The van der Waals surface area contributed by atoms with Gasteiger partial charge >= 0.3 is 6.18 Å². The number of hydrogen-bond acceptors (Lipinski definition) is 3. The van der Waals surface area contributed by atoms with E-state index in [1.54, 1.807) is 5.32 Å². The maximum absolute atomic E-state index is 14.1. The topological polar surface area (TPSA) is 58.2 Å². The second-order valence-electron chi connectivity index (χ2n) is 7.36. The molecule has 0 radical (unpaired) electrons. The van der Waals surface area contributed by atoms with E-state index in [9.17, 15) is 40.3 Å². The molecule has 1 unspecified atom stereocenters. The molecule has 0 saturated heterocycles. The molecule has 0 aliphatic heterocycles. The molecule has 37 heavy (non-hydrogen) atoms. The van der Waals surface area contributed by atoms with E-state index < -0.39 is 57.8 Å². The number of amides is 2. The molecule has 0 aliphatic carbocycles. The molecule has 3 rings (SSSR count). The number of benzene rings is 3. The summed E-state index contributed by atoms with van der Waals surface area (Å²) in [5, 5.41) is 3.46. The molecule has 0 aromatic heterocycles. The number of carbonyl (C=O) groups excluding carboxylic acids is 2. The Bertz CT molecular complexity index is 1360. The second-order valence-corrected chi connectivity index (χ2v) is 9.62. The van der Waals surface area contributed by atoms with Crippen molar-refractivity contribution in [1.29, 1.82) is 0 Å². The van der Waals surface area contributed by atoms with Crippen molar-refractivity contribution in [3.05, 3.63) is 86.9 Å². The van der Waals surface area contributed by atoms with E-state index in [1.165, 1.54) is 49.4 Å². The maximum atomic E-state index is 14.1. The smallest absolute Gasteiger partial charge is 0.322 e. The minimum atomic E-state index is -5.71. The lowest BCUT2D eigenvalue weighted by molar-refractivity contribution is -0.143. The fraction of sp³-hybridized carbons (Fsp3) is 0.130. The summed E-state index contributed by atoms with van der Waals surface area (Å²) in [4.78, 5) is 25.3. The van der Waals surface area contributed by atoms with Crippen LogP contribution in [0.25, 0.3) is 0 Å². The third-order valence-electron chi connectivity index (χ3n) is 4.74. The van der Waals surface area contributed by atoms with Gasteiger partial charge in [-0.3, -0.25) is 9.59 Å². The molecule has 0 bridgehead atoms. The summed E-state index contributed by atoms with van der Waals surface area (Å²) in [6.45, 7) is 1.27. The highest BCUT2D eigenvalue weighted by atomic mass is 35.5. The van der Waals surface area contributed by atoms with Crippen LogP contribution < -0.4 is 10.6 Å². The highest BCUT2D eigenvalue weighted by Crippen LogP contribution is 2.39. The van der Waals surface area contributed by atoms with Gasteiger partial charge in [-0.05, 0) is 43.3 Å². The van der Waals surface area contributed by atoms with Gasteiger partial charge in [0.1, 0.15) is 11.3 Å². The normalized spacial score (nSPS) is 12.3. The number of hydrogen-bond donors (Lipinski definition) is 2. The van der Waals surface area contributed by atoms with Gasteiger partial charge in [-0.1, -0.05) is 29.3 Å². The Labute approximate surface area is 219 Å². The summed E-state index contributed by atoms with van der Waals surface area (Å²) >= 11 is 12.6. The standard InChI is InChI=1S/C23H13Cl2F7N2O2S/c1-9(21(35)34-20-18(28)16(26)15(23(30,31)32)17(27)19(20)29)37-12-4-2-3-11(8-12)33-22(36)13-6-5-10(24)7-14(13)25/h2-9H,1H3,(H,33,36)(H,34,35). The van der Waals surface area contributed by atoms with Crippen LogP contribution in [0.3, 0.4) is 0 Å². The summed E-state index contributed by atoms with van der Waals surface area (Å²) in [5.41, 5.74) is -4.02. The quantitative estimate of drug-likeness (QED) is 0.176. The van der Waals surface area contributed by atoms with Crippen LogP contribution in [-0.2, 0) is 11.0 Å². The molecule has 196 valence electrons. The summed E-state index contributed by atoms with van der Waals surface area (Å²) in [6.07, 6.45) is -5.71. The van der Waals surface area contributed by atoms with Gasteiger partial charge in [-0.25, -0.2) is 17.6 Å². The Kier molecular flexibility index (Phi) is 8.66. The lowest BCUT2D eigenvalue weighted by Crippen LogP contribution is -2.25. The number of carbonyl (C=O) groups is 2. The van der Waals surface area contributed by atoms with Crippen LogP contribution in [0.5, 0.6) is 0 Å². The average molecular weight is 585 g/mol. The van der Waals surface area contributed by atoms with Gasteiger partial charge in [0.25, 0.3) is 5.91 Å². The van der Waals surface area contributed by atoms with Crippen LogP contribution in [0.2, 0.25) is 10.0 Å². The summed E-state index contributed by atoms with van der Waals surface area (Å²) in [7, 11) is 0. The molecule has 0 heterocycles. The van der Waals surface area contributed by atoms with E-state index in [2.05, 4.69) is 5.32 Å². The van der Waals surface area contributed by atoms with Gasteiger partial charge in [-0.2, -0.15) is 13.2 Å². The molecule has 2 amide bonds. The number of alkyl halides is 3. The molecular weight excluding hydrogens is 572 g/mol. The Morgan fingerprint density at radius 1 is 0.892 bits per heavy atom. The molecule has 3 aromatic carbocycles. The van der Waals surface area contributed by atoms with Crippen molar-refractivity contribution in [2.75, 3.05) is 10.6 Å². The zero-order valence-electron chi connectivity index (χ0n) is 18.2. The Morgan fingerprint density at radius 2 is 1.51 bits per heavy atom. The minimum absolute atomic E-state index is 0.108. The minimum Gasteiger partial charge on any atom is -0.322 e. The van der Waals surface area contributed by atoms with E-state index in [4.69, 9.17) is 23.2 Å². The van der Waals surface area contributed by atoms with Crippen LogP contribution in [0.1, 0.15) is 22.8 Å². The molecule has 1 atom stereocenters. The Balaban J connectivity index is 1.75. The number of anilines is 2. The van der Waals surface area contributed by atoms with Crippen molar-refractivity contribution in [2.24, 2.45) is 0 Å². The highest BCUT2D eigenvalue weighted by molar-refractivity contribution is 8.00. The molecule has 0 saturated carbocycles. The first-order valence-electron chi connectivity index (χ1n) is 9.97. The zero-order chi connectivity index (χ0) is 27.7. The molecule has 0 aliphatic rings. The maximum Gasteiger partial charge on any atom is 0.422 e. The molecule has 14 heteroatoms. The van der Waals surface area contributed by atoms with Crippen LogP contribution in [0.15, 0.2) is 47.4 Å². The fourth-order valence-electron chi connectivity index (χ4n) is 2.99. The van der Waals surface area contributed by atoms with E-state index in [-0.39, 0.29) is 16.3 Å². The molecule has 2 N–H and O–H groups in total. The van der Waals surface area contributed by atoms with E-state index in [0.29, 0.717) is 9.92 Å². The predicted molar refractivity (Wildman–Crippen MR) is 126 cm³/mol. The van der Waals surface area contributed by atoms with Crippen molar-refractivity contribution in [2.45, 2.75) is 23.2 Å². The van der Waals surface area contributed by atoms with Crippen molar-refractivity contribution < 1.29 is 40.3 Å². The summed E-state index contributed by atoms with van der Waals surface area (Å²) in [6, 6.07) is 10.3. The van der Waals surface area contributed by atoms with Crippen LogP contribution in [-0.4, -0.2) is 17.1 Å². The molecule has 0 spiro atoms. The first-order chi connectivity index (χ1) is 17.2. The predicted octanol–water partition coefficient (Wildman–Crippen LogP) is 7.94. The van der Waals surface area contributed by atoms with Crippen molar-refractivity contribution >= 4 is 58.2 Å².